The second-order valence-corrected chi connectivity index (χ2v) is 4.95. The fourth-order valence-electron chi connectivity index (χ4n) is 1.66. The number of carbonyl (C=O) groups is 2. The number of rotatable bonds is 3. The monoisotopic (exact) mass is 266 g/mol. The fraction of sp³-hybridized carbons (Fsp3) is 0.455. The van der Waals surface area contributed by atoms with Gasteiger partial charge in [0.25, 0.3) is 5.24 Å². The van der Waals surface area contributed by atoms with E-state index in [0.29, 0.717) is 23.8 Å². The van der Waals surface area contributed by atoms with E-state index in [-0.39, 0.29) is 17.7 Å². The van der Waals surface area contributed by atoms with Gasteiger partial charge in [-0.25, -0.2) is 9.97 Å². The molecule has 2 heterocycles. The van der Waals surface area contributed by atoms with Gasteiger partial charge in [-0.3, -0.25) is 14.5 Å². The molecule has 0 unspecified atom stereocenters. The van der Waals surface area contributed by atoms with E-state index in [2.05, 4.69) is 15.3 Å². The van der Waals surface area contributed by atoms with E-state index >= 15 is 0 Å². The maximum Gasteiger partial charge on any atom is 0.288 e. The van der Waals surface area contributed by atoms with Gasteiger partial charge < -0.3 is 5.32 Å². The number of nitrogens with zero attached hydrogens (tertiary/aromatic N) is 3. The first kappa shape index (κ1) is 12.8. The van der Waals surface area contributed by atoms with Gasteiger partial charge in [0, 0.05) is 31.0 Å². The normalized spacial score (nSPS) is 16.0. The van der Waals surface area contributed by atoms with E-state index in [1.165, 1.54) is 4.90 Å². The highest BCUT2D eigenvalue weighted by Gasteiger charge is 2.27. The number of carbonyl (C=O) groups excluding carboxylic acids is 2. The summed E-state index contributed by atoms with van der Waals surface area (Å²) in [6.07, 6.45) is 0.390. The first-order valence-electron chi connectivity index (χ1n) is 5.59. The van der Waals surface area contributed by atoms with Gasteiger partial charge in [0.05, 0.1) is 6.54 Å². The molecule has 0 spiro atoms. The summed E-state index contributed by atoms with van der Waals surface area (Å²) in [6, 6.07) is 1.80. The summed E-state index contributed by atoms with van der Waals surface area (Å²) in [7, 11) is 1.76. The van der Waals surface area contributed by atoms with Crippen LogP contribution in [0.3, 0.4) is 0 Å². The van der Waals surface area contributed by atoms with Crippen LogP contribution in [0.5, 0.6) is 0 Å². The quantitative estimate of drug-likeness (QED) is 0.891. The molecule has 0 saturated carbocycles. The highest BCUT2D eigenvalue weighted by molar-refractivity contribution is 8.13. The summed E-state index contributed by atoms with van der Waals surface area (Å²) >= 11 is 1.16. The molecular formula is C11H14N4O2S. The summed E-state index contributed by atoms with van der Waals surface area (Å²) in [5.74, 6) is 1.56. The molecule has 1 aliphatic rings. The molecule has 0 bridgehead atoms. The summed E-state index contributed by atoms with van der Waals surface area (Å²) in [5.41, 5.74) is 0.800. The molecule has 1 aliphatic heterocycles. The third kappa shape index (κ3) is 2.79. The van der Waals surface area contributed by atoms with Crippen molar-refractivity contribution in [2.45, 2.75) is 19.9 Å². The summed E-state index contributed by atoms with van der Waals surface area (Å²) in [5, 5.41) is 2.70. The number of imide groups is 1. The van der Waals surface area contributed by atoms with E-state index < -0.39 is 0 Å². The lowest BCUT2D eigenvalue weighted by Crippen LogP contribution is -2.38. The highest BCUT2D eigenvalue weighted by Crippen LogP contribution is 2.20. The SMILES string of the molecule is CNc1cc(C)nc(CN2C(=O)CCSC2=O)n1. The maximum absolute atomic E-state index is 11.7. The molecule has 0 aliphatic carbocycles. The van der Waals surface area contributed by atoms with E-state index in [1.54, 1.807) is 13.1 Å². The average molecular weight is 266 g/mol. The van der Waals surface area contributed by atoms with Crippen molar-refractivity contribution in [3.05, 3.63) is 17.6 Å². The minimum atomic E-state index is -0.220. The molecule has 1 N–H and O–H groups in total. The zero-order valence-electron chi connectivity index (χ0n) is 10.3. The molecule has 0 atom stereocenters. The molecule has 1 aromatic rings. The van der Waals surface area contributed by atoms with Crippen molar-refractivity contribution in [1.82, 2.24) is 14.9 Å². The van der Waals surface area contributed by atoms with Gasteiger partial charge in [-0.1, -0.05) is 11.8 Å². The first-order chi connectivity index (χ1) is 8.60. The minimum absolute atomic E-state index is 0.140. The van der Waals surface area contributed by atoms with Crippen LogP contribution in [0.15, 0.2) is 6.07 Å². The van der Waals surface area contributed by atoms with Crippen molar-refractivity contribution >= 4 is 28.7 Å². The van der Waals surface area contributed by atoms with Crippen LogP contribution in [0.2, 0.25) is 0 Å². The summed E-state index contributed by atoms with van der Waals surface area (Å²) < 4.78 is 0. The molecule has 0 radical (unpaired) electrons. The Hall–Kier alpha value is -1.63. The van der Waals surface area contributed by atoms with Crippen molar-refractivity contribution < 1.29 is 9.59 Å². The number of amides is 2. The highest BCUT2D eigenvalue weighted by atomic mass is 32.2. The lowest BCUT2D eigenvalue weighted by Gasteiger charge is -2.23. The Kier molecular flexibility index (Phi) is 3.81. The summed E-state index contributed by atoms with van der Waals surface area (Å²) in [4.78, 5) is 33.0. The smallest absolute Gasteiger partial charge is 0.288 e. The number of anilines is 1. The van der Waals surface area contributed by atoms with Gasteiger partial charge in [-0.15, -0.1) is 0 Å². The molecule has 1 aromatic heterocycles. The van der Waals surface area contributed by atoms with Crippen molar-refractivity contribution in [1.29, 1.82) is 0 Å². The Morgan fingerprint density at radius 2 is 2.22 bits per heavy atom. The lowest BCUT2D eigenvalue weighted by molar-refractivity contribution is -0.128. The van der Waals surface area contributed by atoms with Crippen molar-refractivity contribution in [3.8, 4) is 0 Å². The van der Waals surface area contributed by atoms with Crippen LogP contribution in [-0.2, 0) is 11.3 Å². The molecule has 1 fully saturated rings. The Labute approximate surface area is 109 Å². The molecule has 18 heavy (non-hydrogen) atoms. The first-order valence-corrected chi connectivity index (χ1v) is 6.58. The van der Waals surface area contributed by atoms with Crippen LogP contribution in [0.4, 0.5) is 10.6 Å². The van der Waals surface area contributed by atoms with E-state index in [9.17, 15) is 9.59 Å². The number of thioether (sulfide) groups is 1. The summed E-state index contributed by atoms with van der Waals surface area (Å²) in [6.45, 7) is 1.99. The Morgan fingerprint density at radius 1 is 1.44 bits per heavy atom. The third-order valence-corrected chi connectivity index (χ3v) is 3.39. The predicted octanol–water partition coefficient (Wildman–Crippen LogP) is 1.41. The molecule has 2 amide bonds. The topological polar surface area (TPSA) is 75.2 Å². The van der Waals surface area contributed by atoms with Crippen LogP contribution >= 0.6 is 11.8 Å². The number of nitrogens with one attached hydrogen (secondary N) is 1. The van der Waals surface area contributed by atoms with Crippen molar-refractivity contribution in [2.24, 2.45) is 0 Å². The van der Waals surface area contributed by atoms with Gasteiger partial charge in [0.15, 0.2) is 5.82 Å². The standard InChI is InChI=1S/C11H14N4O2S/c1-7-5-8(12-2)14-9(13-7)6-15-10(16)3-4-18-11(15)17/h5H,3-4,6H2,1-2H3,(H,12,13,14). The Balaban J connectivity index is 2.19. The van der Waals surface area contributed by atoms with Crippen LogP contribution in [0, 0.1) is 6.92 Å². The van der Waals surface area contributed by atoms with Crippen molar-refractivity contribution in [3.63, 3.8) is 0 Å². The van der Waals surface area contributed by atoms with Gasteiger partial charge >= 0.3 is 0 Å². The number of aryl methyl sites for hydroxylation is 1. The molecular weight excluding hydrogens is 252 g/mol. The van der Waals surface area contributed by atoms with Crippen molar-refractivity contribution in [2.75, 3.05) is 18.1 Å². The Bertz CT molecular complexity index is 476. The molecule has 2 rings (SSSR count). The number of hydrogen-bond donors (Lipinski definition) is 1. The second kappa shape index (κ2) is 5.34. The van der Waals surface area contributed by atoms with E-state index in [1.807, 2.05) is 6.92 Å². The fourth-order valence-corrected chi connectivity index (χ4v) is 2.44. The maximum atomic E-state index is 11.7. The molecule has 7 heteroatoms. The van der Waals surface area contributed by atoms with Gasteiger partial charge in [0.1, 0.15) is 5.82 Å². The predicted molar refractivity (Wildman–Crippen MR) is 69.3 cm³/mol. The van der Waals surface area contributed by atoms with E-state index in [0.717, 1.165) is 17.5 Å². The molecule has 1 saturated heterocycles. The van der Waals surface area contributed by atoms with Gasteiger partial charge in [-0.05, 0) is 6.92 Å². The third-order valence-electron chi connectivity index (χ3n) is 2.52. The minimum Gasteiger partial charge on any atom is -0.373 e. The van der Waals surface area contributed by atoms with Crippen LogP contribution in [0.25, 0.3) is 0 Å². The average Bonchev–Trinajstić information content (AvgIpc) is 2.33. The van der Waals surface area contributed by atoms with Gasteiger partial charge in [0.2, 0.25) is 5.91 Å². The van der Waals surface area contributed by atoms with Crippen LogP contribution in [-0.4, -0.2) is 38.8 Å². The number of aromatic nitrogens is 2. The van der Waals surface area contributed by atoms with Gasteiger partial charge in [-0.2, -0.15) is 0 Å². The van der Waals surface area contributed by atoms with E-state index in [4.69, 9.17) is 0 Å². The second-order valence-electron chi connectivity index (χ2n) is 3.91. The zero-order chi connectivity index (χ0) is 13.1. The van der Waals surface area contributed by atoms with Crippen LogP contribution < -0.4 is 5.32 Å². The largest absolute Gasteiger partial charge is 0.373 e. The Morgan fingerprint density at radius 3 is 2.89 bits per heavy atom. The molecule has 0 aromatic carbocycles. The number of hydrogen-bond acceptors (Lipinski definition) is 6. The molecule has 96 valence electrons. The molecule has 6 nitrogen and oxygen atoms in total. The lowest BCUT2D eigenvalue weighted by atomic mass is 10.3. The zero-order valence-corrected chi connectivity index (χ0v) is 11.1. The van der Waals surface area contributed by atoms with Crippen LogP contribution in [0.1, 0.15) is 17.9 Å².